The zero-order valence-corrected chi connectivity index (χ0v) is 30.3. The number of methoxy groups -OCH3 is 1. The first-order valence-electron chi connectivity index (χ1n) is 17.8. The maximum Gasteiger partial charge on any atom is 0.410 e. The van der Waals surface area contributed by atoms with E-state index in [0.29, 0.717) is 32.0 Å². The van der Waals surface area contributed by atoms with E-state index in [4.69, 9.17) is 9.47 Å². The Labute approximate surface area is 293 Å². The number of fused-ring (bicyclic) bond motifs is 9. The summed E-state index contributed by atoms with van der Waals surface area (Å²) in [6.07, 6.45) is 7.67. The molecule has 3 aromatic rings. The summed E-state index contributed by atoms with van der Waals surface area (Å²) in [4.78, 5) is 44.9. The van der Waals surface area contributed by atoms with Crippen LogP contribution in [0.4, 0.5) is 4.79 Å². The van der Waals surface area contributed by atoms with Crippen molar-refractivity contribution in [2.75, 3.05) is 26.5 Å². The summed E-state index contributed by atoms with van der Waals surface area (Å²) < 4.78 is 39.8. The predicted octanol–water partition coefficient (Wildman–Crippen LogP) is 5.76. The van der Waals surface area contributed by atoms with Crippen molar-refractivity contribution in [2.24, 2.45) is 5.41 Å². The van der Waals surface area contributed by atoms with E-state index in [1.165, 1.54) is 12.0 Å². The van der Waals surface area contributed by atoms with Crippen LogP contribution in [0.1, 0.15) is 99.0 Å². The zero-order valence-electron chi connectivity index (χ0n) is 29.5. The summed E-state index contributed by atoms with van der Waals surface area (Å²) in [5.74, 6) is 0.469. The van der Waals surface area contributed by atoms with Crippen LogP contribution in [0, 0.1) is 5.41 Å². The number of sulfonamides is 1. The van der Waals surface area contributed by atoms with Gasteiger partial charge in [0.2, 0.25) is 15.9 Å². The quantitative estimate of drug-likeness (QED) is 0.358. The monoisotopic (exact) mass is 702 g/mol. The summed E-state index contributed by atoms with van der Waals surface area (Å²) in [6.45, 7) is 6.96. The Morgan fingerprint density at radius 3 is 2.34 bits per heavy atom. The summed E-state index contributed by atoms with van der Waals surface area (Å²) in [5.41, 5.74) is 4.30. The Balaban J connectivity index is 1.24. The Kier molecular flexibility index (Phi) is 7.60. The summed E-state index contributed by atoms with van der Waals surface area (Å²) in [5, 5.41) is 1.04. The van der Waals surface area contributed by atoms with E-state index in [1.807, 2.05) is 37.8 Å². The molecule has 12 heteroatoms. The Bertz CT molecular complexity index is 2040. The summed E-state index contributed by atoms with van der Waals surface area (Å²) in [6, 6.07) is 11.5. The van der Waals surface area contributed by atoms with Crippen molar-refractivity contribution in [3.8, 4) is 17.0 Å². The number of amides is 3. The van der Waals surface area contributed by atoms with Crippen LogP contribution < -0.4 is 9.46 Å². The highest BCUT2D eigenvalue weighted by molar-refractivity contribution is 7.89. The molecule has 2 saturated carbocycles. The number of likely N-dealkylation sites (tertiary alicyclic amines) is 2. The lowest BCUT2D eigenvalue weighted by molar-refractivity contribution is -0.140. The van der Waals surface area contributed by atoms with Crippen molar-refractivity contribution in [3.05, 3.63) is 53.1 Å². The molecular weight excluding hydrogens is 657 g/mol. The van der Waals surface area contributed by atoms with Crippen LogP contribution in [0.3, 0.4) is 0 Å². The second kappa shape index (κ2) is 11.5. The van der Waals surface area contributed by atoms with E-state index in [1.54, 1.807) is 24.1 Å². The summed E-state index contributed by atoms with van der Waals surface area (Å²) in [7, 11) is -2.10. The average Bonchev–Trinajstić information content (AvgIpc) is 3.30. The van der Waals surface area contributed by atoms with Crippen LogP contribution in [-0.4, -0.2) is 84.8 Å². The zero-order chi connectivity index (χ0) is 35.3. The Morgan fingerprint density at radius 2 is 1.68 bits per heavy atom. The SMILES string of the molecule is COc1ccc2c(c1)C1CC1(C(=O)N1CC3CC1CN3C(=O)OC(C)(C)C)Cn1c-2c(C2CCCCC2)c2ccc(C(=O)NS(C)(=O)=O)cc21. The van der Waals surface area contributed by atoms with Gasteiger partial charge in [-0.05, 0) is 93.8 Å². The van der Waals surface area contributed by atoms with E-state index in [2.05, 4.69) is 21.4 Å². The molecule has 2 bridgehead atoms. The van der Waals surface area contributed by atoms with Crippen molar-refractivity contribution in [1.82, 2.24) is 19.1 Å². The molecule has 3 amide bonds. The number of benzene rings is 2. The highest BCUT2D eigenvalue weighted by Crippen LogP contribution is 2.66. The van der Waals surface area contributed by atoms with Crippen molar-refractivity contribution in [3.63, 3.8) is 0 Å². The second-order valence-electron chi connectivity index (χ2n) is 16.1. The predicted molar refractivity (Wildman–Crippen MR) is 189 cm³/mol. The molecule has 11 nitrogen and oxygen atoms in total. The minimum Gasteiger partial charge on any atom is -0.497 e. The molecule has 3 aliphatic heterocycles. The molecular formula is C38H46N4O7S. The molecule has 2 saturated heterocycles. The minimum absolute atomic E-state index is 0.0212. The number of hydrogen-bond acceptors (Lipinski definition) is 7. The van der Waals surface area contributed by atoms with E-state index in [0.717, 1.165) is 71.8 Å². The van der Waals surface area contributed by atoms with Gasteiger partial charge in [-0.1, -0.05) is 25.3 Å². The lowest BCUT2D eigenvalue weighted by Gasteiger charge is -2.37. The van der Waals surface area contributed by atoms with Crippen LogP contribution in [0.25, 0.3) is 22.2 Å². The number of carbonyl (C=O) groups is 3. The first-order chi connectivity index (χ1) is 23.7. The van der Waals surface area contributed by atoms with Gasteiger partial charge in [-0.15, -0.1) is 0 Å². The molecule has 4 unspecified atom stereocenters. The van der Waals surface area contributed by atoms with Crippen LogP contribution in [0.2, 0.25) is 0 Å². The van der Waals surface area contributed by atoms with Crippen molar-refractivity contribution < 1.29 is 32.3 Å². The van der Waals surface area contributed by atoms with Gasteiger partial charge in [0.25, 0.3) is 5.91 Å². The maximum absolute atomic E-state index is 15.0. The number of rotatable bonds is 5. The number of piperazine rings is 1. The largest absolute Gasteiger partial charge is 0.497 e. The molecule has 2 aromatic carbocycles. The fourth-order valence-corrected chi connectivity index (χ4v) is 9.85. The normalized spacial score (nSPS) is 25.8. The minimum atomic E-state index is -3.76. The molecule has 4 fully saturated rings. The van der Waals surface area contributed by atoms with E-state index in [-0.39, 0.29) is 35.6 Å². The molecule has 0 radical (unpaired) electrons. The standard InChI is InChI=1S/C38H46N4O7S/c1-37(2,3)49-36(45)41-20-24-16-25(41)19-40(24)35(44)38-18-30(38)29-17-26(48-4)12-14-27(29)33-32(22-9-7-6-8-10-22)28-13-11-23(15-31(28)42(33)21-38)34(43)39-50(5,46)47/h11-15,17,22,24-25,30H,6-10,16,18-21H2,1-5H3,(H,39,43). The molecule has 0 spiro atoms. The highest BCUT2D eigenvalue weighted by Gasteiger charge is 2.65. The highest BCUT2D eigenvalue weighted by atomic mass is 32.2. The second-order valence-corrected chi connectivity index (χ2v) is 17.9. The third-order valence-electron chi connectivity index (χ3n) is 11.6. The van der Waals surface area contributed by atoms with Gasteiger partial charge >= 0.3 is 6.09 Å². The third-order valence-corrected chi connectivity index (χ3v) is 12.2. The van der Waals surface area contributed by atoms with Gasteiger partial charge in [0.05, 0.1) is 36.6 Å². The Morgan fingerprint density at radius 1 is 0.960 bits per heavy atom. The van der Waals surface area contributed by atoms with E-state index >= 15 is 0 Å². The lowest BCUT2D eigenvalue weighted by Crippen LogP contribution is -2.53. The van der Waals surface area contributed by atoms with Crippen molar-refractivity contribution in [2.45, 2.75) is 102 Å². The molecule has 8 rings (SSSR count). The van der Waals surface area contributed by atoms with Gasteiger partial charge in [-0.3, -0.25) is 9.59 Å². The molecule has 50 heavy (non-hydrogen) atoms. The molecule has 266 valence electrons. The molecule has 5 aliphatic rings. The average molecular weight is 703 g/mol. The van der Waals surface area contributed by atoms with Crippen molar-refractivity contribution >= 4 is 38.8 Å². The van der Waals surface area contributed by atoms with Gasteiger partial charge in [0.15, 0.2) is 0 Å². The van der Waals surface area contributed by atoms with Crippen LogP contribution >= 0.6 is 0 Å². The number of aromatic nitrogens is 1. The number of nitrogens with zero attached hydrogens (tertiary/aromatic N) is 3. The van der Waals surface area contributed by atoms with Crippen LogP contribution in [0.15, 0.2) is 36.4 Å². The third kappa shape index (κ3) is 5.45. The first kappa shape index (κ1) is 33.1. The molecule has 1 N–H and O–H groups in total. The Hall–Kier alpha value is -4.06. The van der Waals surface area contributed by atoms with Crippen LogP contribution in [-0.2, 0) is 26.1 Å². The number of ether oxygens (including phenoxy) is 2. The molecule has 1 aromatic heterocycles. The summed E-state index contributed by atoms with van der Waals surface area (Å²) >= 11 is 0. The molecule has 4 atom stereocenters. The molecule has 2 aliphatic carbocycles. The maximum atomic E-state index is 15.0. The first-order valence-corrected chi connectivity index (χ1v) is 19.7. The fourth-order valence-electron chi connectivity index (χ4n) is 9.40. The number of carbonyl (C=O) groups excluding carboxylic acids is 3. The number of nitrogens with one attached hydrogen (secondary N) is 1. The lowest BCUT2D eigenvalue weighted by atomic mass is 9.81. The van der Waals surface area contributed by atoms with Crippen LogP contribution in [0.5, 0.6) is 5.75 Å². The molecule has 4 heterocycles. The van der Waals surface area contributed by atoms with Gasteiger partial charge in [0, 0.05) is 47.6 Å². The fraction of sp³-hybridized carbons (Fsp3) is 0.553. The van der Waals surface area contributed by atoms with Gasteiger partial charge in [0.1, 0.15) is 11.4 Å². The van der Waals surface area contributed by atoms with E-state index in [9.17, 15) is 22.8 Å². The van der Waals surface area contributed by atoms with Gasteiger partial charge in [-0.25, -0.2) is 17.9 Å². The van der Waals surface area contributed by atoms with Crippen molar-refractivity contribution in [1.29, 1.82) is 0 Å². The van der Waals surface area contributed by atoms with Gasteiger partial charge < -0.3 is 23.8 Å². The van der Waals surface area contributed by atoms with Gasteiger partial charge in [-0.2, -0.15) is 0 Å². The van der Waals surface area contributed by atoms with E-state index < -0.39 is 26.9 Å². The smallest absolute Gasteiger partial charge is 0.410 e. The number of hydrogen-bond donors (Lipinski definition) is 1. The topological polar surface area (TPSA) is 127 Å².